The minimum absolute atomic E-state index is 0.139. The maximum atomic E-state index is 11.9. The fraction of sp³-hybridized carbons (Fsp3) is 0.385. The number of hydrogen-bond donors (Lipinski definition) is 3. The summed E-state index contributed by atoms with van der Waals surface area (Å²) >= 11 is 0. The number of sulfone groups is 1. The first kappa shape index (κ1) is 17.1. The Bertz CT molecular complexity index is 621. The van der Waals surface area contributed by atoms with Crippen LogP contribution in [0.3, 0.4) is 0 Å². The topological polar surface area (TPSA) is 121 Å². The van der Waals surface area contributed by atoms with Crippen molar-refractivity contribution >= 4 is 21.7 Å². The Morgan fingerprint density at radius 2 is 1.76 bits per heavy atom. The molecule has 21 heavy (non-hydrogen) atoms. The molecule has 116 valence electrons. The second-order valence-electron chi connectivity index (χ2n) is 4.80. The number of benzene rings is 1. The number of aliphatic hydroxyl groups excluding tert-OH is 1. The van der Waals surface area contributed by atoms with E-state index in [9.17, 15) is 23.1 Å². The van der Waals surface area contributed by atoms with Crippen LogP contribution in [-0.4, -0.2) is 48.9 Å². The zero-order valence-electron chi connectivity index (χ0n) is 11.6. The Morgan fingerprint density at radius 3 is 2.14 bits per heavy atom. The Morgan fingerprint density at radius 1 is 1.24 bits per heavy atom. The largest absolute Gasteiger partial charge is 0.480 e. The number of carboxylic acid groups (broad SMARTS) is 1. The van der Waals surface area contributed by atoms with Crippen LogP contribution in [0.15, 0.2) is 24.3 Å². The average molecular weight is 315 g/mol. The highest BCUT2D eigenvalue weighted by Crippen LogP contribution is 2.08. The molecule has 1 amide bonds. The van der Waals surface area contributed by atoms with Crippen LogP contribution in [0.2, 0.25) is 0 Å². The first-order valence-corrected chi connectivity index (χ1v) is 8.14. The van der Waals surface area contributed by atoms with E-state index in [2.05, 4.69) is 5.32 Å². The molecule has 8 heteroatoms. The lowest BCUT2D eigenvalue weighted by atomic mass is 10.1. The van der Waals surface area contributed by atoms with Gasteiger partial charge in [0.2, 0.25) is 0 Å². The van der Waals surface area contributed by atoms with Crippen LogP contribution in [-0.2, 0) is 20.4 Å². The lowest BCUT2D eigenvalue weighted by Crippen LogP contribution is -2.47. The third-order valence-corrected chi connectivity index (χ3v) is 3.54. The van der Waals surface area contributed by atoms with Crippen molar-refractivity contribution in [3.05, 3.63) is 35.4 Å². The molecule has 7 nitrogen and oxygen atoms in total. The van der Waals surface area contributed by atoms with E-state index in [0.717, 1.165) is 6.26 Å². The van der Waals surface area contributed by atoms with Gasteiger partial charge in [-0.15, -0.1) is 0 Å². The smallest absolute Gasteiger partial charge is 0.328 e. The molecule has 2 atom stereocenters. The van der Waals surface area contributed by atoms with Crippen LogP contribution >= 0.6 is 0 Å². The number of amides is 1. The van der Waals surface area contributed by atoms with Crippen LogP contribution in [0.5, 0.6) is 0 Å². The van der Waals surface area contributed by atoms with E-state index < -0.39 is 33.9 Å². The average Bonchev–Trinajstić information content (AvgIpc) is 2.33. The van der Waals surface area contributed by atoms with Gasteiger partial charge in [0.1, 0.15) is 0 Å². The van der Waals surface area contributed by atoms with Crippen LogP contribution in [0.4, 0.5) is 0 Å². The highest BCUT2D eigenvalue weighted by atomic mass is 32.2. The Kier molecular flexibility index (Phi) is 5.45. The first-order valence-electron chi connectivity index (χ1n) is 6.08. The molecule has 0 aliphatic heterocycles. The quantitative estimate of drug-likeness (QED) is 0.668. The van der Waals surface area contributed by atoms with Crippen molar-refractivity contribution in [2.45, 2.75) is 24.8 Å². The number of aliphatic carboxylic acids is 1. The third-order valence-electron chi connectivity index (χ3n) is 2.68. The molecule has 1 aromatic rings. The summed E-state index contributed by atoms with van der Waals surface area (Å²) in [7, 11) is -3.16. The van der Waals surface area contributed by atoms with Crippen molar-refractivity contribution in [2.75, 3.05) is 6.26 Å². The van der Waals surface area contributed by atoms with E-state index in [4.69, 9.17) is 5.11 Å². The zero-order valence-corrected chi connectivity index (χ0v) is 12.4. The van der Waals surface area contributed by atoms with Gasteiger partial charge in [-0.25, -0.2) is 13.2 Å². The van der Waals surface area contributed by atoms with Gasteiger partial charge >= 0.3 is 5.97 Å². The second-order valence-corrected chi connectivity index (χ2v) is 6.94. The predicted molar refractivity (Wildman–Crippen MR) is 75.6 cm³/mol. The SMILES string of the molecule is C[C@@H](O)[C@H](NC(=O)c1ccc(CS(C)(=O)=O)cc1)C(=O)O. The van der Waals surface area contributed by atoms with Crippen molar-refractivity contribution in [2.24, 2.45) is 0 Å². The molecular weight excluding hydrogens is 298 g/mol. The Labute approximate surface area is 122 Å². The predicted octanol–water partition coefficient (Wildman–Crippen LogP) is -0.205. The number of carboxylic acids is 1. The molecule has 0 saturated carbocycles. The van der Waals surface area contributed by atoms with Crippen molar-refractivity contribution in [3.8, 4) is 0 Å². The molecule has 0 aromatic heterocycles. The Hall–Kier alpha value is -1.93. The molecule has 0 unspecified atom stereocenters. The monoisotopic (exact) mass is 315 g/mol. The van der Waals surface area contributed by atoms with Crippen molar-refractivity contribution < 1.29 is 28.2 Å². The molecule has 0 fully saturated rings. The summed E-state index contributed by atoms with van der Waals surface area (Å²) in [5.74, 6) is -2.14. The highest BCUT2D eigenvalue weighted by Gasteiger charge is 2.25. The summed E-state index contributed by atoms with van der Waals surface area (Å²) in [6.07, 6.45) is -0.135. The summed E-state index contributed by atoms with van der Waals surface area (Å²) in [4.78, 5) is 22.7. The van der Waals surface area contributed by atoms with Gasteiger partial charge in [0.15, 0.2) is 15.9 Å². The molecule has 1 aromatic carbocycles. The molecular formula is C13H17NO6S. The van der Waals surface area contributed by atoms with E-state index in [0.29, 0.717) is 5.56 Å². The van der Waals surface area contributed by atoms with Gasteiger partial charge in [0.25, 0.3) is 5.91 Å². The summed E-state index contributed by atoms with van der Waals surface area (Å²) in [5.41, 5.74) is 0.707. The van der Waals surface area contributed by atoms with Gasteiger partial charge in [-0.05, 0) is 24.6 Å². The van der Waals surface area contributed by atoms with Crippen molar-refractivity contribution in [3.63, 3.8) is 0 Å². The molecule has 0 saturated heterocycles. The van der Waals surface area contributed by atoms with Crippen molar-refractivity contribution in [1.29, 1.82) is 0 Å². The lowest BCUT2D eigenvalue weighted by molar-refractivity contribution is -0.141. The van der Waals surface area contributed by atoms with Gasteiger partial charge in [-0.3, -0.25) is 4.79 Å². The maximum Gasteiger partial charge on any atom is 0.328 e. The van der Waals surface area contributed by atoms with E-state index in [-0.39, 0.29) is 11.3 Å². The fourth-order valence-electron chi connectivity index (χ4n) is 1.67. The van der Waals surface area contributed by atoms with E-state index in [1.807, 2.05) is 0 Å². The summed E-state index contributed by atoms with van der Waals surface area (Å²) in [5, 5.41) is 20.4. The van der Waals surface area contributed by atoms with Crippen LogP contribution < -0.4 is 5.32 Å². The molecule has 1 rings (SSSR count). The van der Waals surface area contributed by atoms with Gasteiger partial charge in [-0.2, -0.15) is 0 Å². The number of rotatable bonds is 6. The molecule has 0 spiro atoms. The number of nitrogens with one attached hydrogen (secondary N) is 1. The lowest BCUT2D eigenvalue weighted by Gasteiger charge is -2.17. The van der Waals surface area contributed by atoms with E-state index in [1.54, 1.807) is 0 Å². The minimum atomic E-state index is -3.16. The molecule has 0 radical (unpaired) electrons. The van der Waals surface area contributed by atoms with Crippen LogP contribution in [0, 0.1) is 0 Å². The number of carbonyl (C=O) groups excluding carboxylic acids is 1. The second kappa shape index (κ2) is 6.68. The van der Waals surface area contributed by atoms with E-state index in [1.165, 1.54) is 31.2 Å². The molecule has 0 aliphatic rings. The minimum Gasteiger partial charge on any atom is -0.480 e. The van der Waals surface area contributed by atoms with E-state index >= 15 is 0 Å². The number of carbonyl (C=O) groups is 2. The molecule has 3 N–H and O–H groups in total. The van der Waals surface area contributed by atoms with Crippen LogP contribution in [0.25, 0.3) is 0 Å². The Balaban J connectivity index is 2.82. The molecule has 0 bridgehead atoms. The fourth-order valence-corrected chi connectivity index (χ4v) is 2.47. The summed E-state index contributed by atoms with van der Waals surface area (Å²) < 4.78 is 22.3. The first-order chi connectivity index (χ1) is 9.60. The number of hydrogen-bond acceptors (Lipinski definition) is 5. The van der Waals surface area contributed by atoms with Crippen molar-refractivity contribution in [1.82, 2.24) is 5.32 Å². The molecule has 0 heterocycles. The summed E-state index contributed by atoms with van der Waals surface area (Å²) in [6.45, 7) is 1.26. The standard InChI is InChI=1S/C13H17NO6S/c1-8(15)11(13(17)18)14-12(16)10-5-3-9(4-6-10)7-21(2,19)20/h3-6,8,11,15H,7H2,1-2H3,(H,14,16)(H,17,18)/t8-,11+/m1/s1. The van der Waals surface area contributed by atoms with Gasteiger partial charge < -0.3 is 15.5 Å². The zero-order chi connectivity index (χ0) is 16.2. The normalized spacial score (nSPS) is 14.2. The summed E-state index contributed by atoms with van der Waals surface area (Å²) in [6, 6.07) is 4.35. The van der Waals surface area contributed by atoms with Gasteiger partial charge in [0.05, 0.1) is 11.9 Å². The van der Waals surface area contributed by atoms with Gasteiger partial charge in [-0.1, -0.05) is 12.1 Å². The van der Waals surface area contributed by atoms with Crippen LogP contribution in [0.1, 0.15) is 22.8 Å². The highest BCUT2D eigenvalue weighted by molar-refractivity contribution is 7.89. The third kappa shape index (κ3) is 5.52. The molecule has 0 aliphatic carbocycles. The van der Waals surface area contributed by atoms with Gasteiger partial charge in [0, 0.05) is 11.8 Å². The maximum absolute atomic E-state index is 11.9. The number of aliphatic hydroxyl groups is 1.